The molecule has 1 aliphatic rings. The molecular weight excluding hydrogens is 456 g/mol. The molecule has 9 nitrogen and oxygen atoms in total. The molecule has 1 aliphatic heterocycles. The highest BCUT2D eigenvalue weighted by molar-refractivity contribution is 7.89. The lowest BCUT2D eigenvalue weighted by molar-refractivity contribution is -0.385. The van der Waals surface area contributed by atoms with Gasteiger partial charge in [-0.25, -0.2) is 8.42 Å². The Hall–Kier alpha value is -2.95. The van der Waals surface area contributed by atoms with Crippen molar-refractivity contribution < 1.29 is 18.1 Å². The van der Waals surface area contributed by atoms with Crippen molar-refractivity contribution in [2.45, 2.75) is 18.4 Å². The van der Waals surface area contributed by atoms with Crippen LogP contribution < -0.4 is 0 Å². The van der Waals surface area contributed by atoms with Gasteiger partial charge in [0, 0.05) is 55.0 Å². The van der Waals surface area contributed by atoms with Crippen molar-refractivity contribution in [2.24, 2.45) is 0 Å². The van der Waals surface area contributed by atoms with Crippen molar-refractivity contribution in [3.63, 3.8) is 0 Å². The molecule has 1 amide bonds. The van der Waals surface area contributed by atoms with Gasteiger partial charge in [0.25, 0.3) is 5.69 Å². The van der Waals surface area contributed by atoms with E-state index in [4.69, 9.17) is 11.6 Å². The van der Waals surface area contributed by atoms with E-state index in [0.29, 0.717) is 10.6 Å². The number of piperazine rings is 1. The molecule has 0 radical (unpaired) electrons. The Balaban J connectivity index is 1.45. The highest BCUT2D eigenvalue weighted by Gasteiger charge is 2.32. The number of fused-ring (bicyclic) bond motifs is 1. The number of aromatic nitrogens is 1. The molecule has 0 aliphatic carbocycles. The Morgan fingerprint density at radius 2 is 1.81 bits per heavy atom. The average molecular weight is 477 g/mol. The van der Waals surface area contributed by atoms with E-state index in [1.54, 1.807) is 24.0 Å². The number of carbonyl (C=O) groups excluding carboxylic acids is 1. The van der Waals surface area contributed by atoms with Crippen LogP contribution in [0.15, 0.2) is 53.6 Å². The summed E-state index contributed by atoms with van der Waals surface area (Å²) >= 11 is 6.07. The number of benzene rings is 2. The molecule has 4 rings (SSSR count). The lowest BCUT2D eigenvalue weighted by atomic mass is 10.2. The van der Waals surface area contributed by atoms with Crippen LogP contribution in [0.3, 0.4) is 0 Å². The molecule has 1 fully saturated rings. The van der Waals surface area contributed by atoms with Crippen molar-refractivity contribution in [3.05, 3.63) is 69.4 Å². The van der Waals surface area contributed by atoms with Gasteiger partial charge in [-0.2, -0.15) is 4.31 Å². The molecule has 32 heavy (non-hydrogen) atoms. The van der Waals surface area contributed by atoms with Gasteiger partial charge in [0.05, 0.1) is 9.82 Å². The van der Waals surface area contributed by atoms with Crippen LogP contribution in [0.25, 0.3) is 10.9 Å². The van der Waals surface area contributed by atoms with Crippen molar-refractivity contribution in [2.75, 3.05) is 26.2 Å². The zero-order valence-corrected chi connectivity index (χ0v) is 18.8. The fourth-order valence-corrected chi connectivity index (χ4v) is 5.67. The topological polar surface area (TPSA) is 106 Å². The number of aryl methyl sites for hydroxylation is 1. The Morgan fingerprint density at radius 3 is 2.50 bits per heavy atom. The maximum absolute atomic E-state index is 13.1. The second-order valence-corrected chi connectivity index (χ2v) is 9.98. The Bertz CT molecular complexity index is 1310. The van der Waals surface area contributed by atoms with Gasteiger partial charge in [-0.05, 0) is 36.1 Å². The third kappa shape index (κ3) is 4.21. The number of nitrogens with zero attached hydrogens (tertiary/aromatic N) is 4. The molecule has 0 atom stereocenters. The number of sulfonamides is 1. The minimum atomic E-state index is -3.91. The van der Waals surface area contributed by atoms with Crippen LogP contribution in [-0.2, 0) is 21.4 Å². The average Bonchev–Trinajstić information content (AvgIpc) is 3.15. The van der Waals surface area contributed by atoms with Crippen LogP contribution in [0.2, 0.25) is 5.02 Å². The minimum Gasteiger partial charge on any atom is -0.339 e. The number of nitro benzene ring substituents is 1. The Morgan fingerprint density at radius 1 is 1.09 bits per heavy atom. The van der Waals surface area contributed by atoms with E-state index in [0.717, 1.165) is 17.0 Å². The number of non-ortho nitro benzene ring substituents is 1. The summed E-state index contributed by atoms with van der Waals surface area (Å²) in [6, 6.07) is 11.2. The van der Waals surface area contributed by atoms with Crippen molar-refractivity contribution in [1.29, 1.82) is 0 Å². The molecule has 0 spiro atoms. The first kappa shape index (κ1) is 22.3. The van der Waals surface area contributed by atoms with E-state index in [1.807, 2.05) is 22.9 Å². The van der Waals surface area contributed by atoms with E-state index in [1.165, 1.54) is 16.4 Å². The van der Waals surface area contributed by atoms with Crippen LogP contribution in [0.5, 0.6) is 0 Å². The number of nitro groups is 1. The van der Waals surface area contributed by atoms with E-state index in [2.05, 4.69) is 0 Å². The van der Waals surface area contributed by atoms with Gasteiger partial charge in [0.1, 0.15) is 6.54 Å². The Kier molecular flexibility index (Phi) is 5.93. The van der Waals surface area contributed by atoms with Crippen molar-refractivity contribution in [1.82, 2.24) is 13.8 Å². The van der Waals surface area contributed by atoms with Crippen molar-refractivity contribution in [3.8, 4) is 0 Å². The molecule has 1 aromatic heterocycles. The number of hydrogen-bond acceptors (Lipinski definition) is 5. The summed E-state index contributed by atoms with van der Waals surface area (Å²) in [7, 11) is -3.91. The number of hydrogen-bond donors (Lipinski definition) is 0. The molecule has 1 saturated heterocycles. The quantitative estimate of drug-likeness (QED) is 0.415. The number of halogens is 1. The summed E-state index contributed by atoms with van der Waals surface area (Å²) < 4.78 is 29.2. The van der Waals surface area contributed by atoms with E-state index >= 15 is 0 Å². The molecular formula is C21H21ClN4O5S. The predicted octanol–water partition coefficient (Wildman–Crippen LogP) is 3.04. The fraction of sp³-hybridized carbons (Fsp3) is 0.286. The van der Waals surface area contributed by atoms with Gasteiger partial charge in [0.2, 0.25) is 15.9 Å². The molecule has 0 saturated carbocycles. The maximum Gasteiger partial charge on any atom is 0.270 e. The molecule has 3 aromatic rings. The van der Waals surface area contributed by atoms with Gasteiger partial charge in [-0.3, -0.25) is 14.9 Å². The Labute approximate surface area is 190 Å². The third-order valence-electron chi connectivity index (χ3n) is 5.63. The fourth-order valence-electron chi connectivity index (χ4n) is 3.84. The SMILES string of the molecule is Cc1ccc([N+](=O)[O-])cc1S(=O)(=O)N1CCN(C(=O)Cn2ccc3ccc(Cl)cc32)CC1. The monoisotopic (exact) mass is 476 g/mol. The minimum absolute atomic E-state index is 0.0813. The second kappa shape index (κ2) is 8.53. The van der Waals surface area contributed by atoms with Crippen molar-refractivity contribution >= 4 is 44.1 Å². The number of rotatable bonds is 5. The van der Waals surface area contributed by atoms with Crippen LogP contribution in [0.4, 0.5) is 5.69 Å². The van der Waals surface area contributed by atoms with Crippen LogP contribution in [0.1, 0.15) is 5.56 Å². The standard InChI is InChI=1S/C21H21ClN4O5S/c1-15-2-5-18(26(28)29)13-20(15)32(30,31)25-10-8-23(9-11-25)21(27)14-24-7-6-16-3-4-17(22)12-19(16)24/h2-7,12-13H,8-11,14H2,1H3. The summed E-state index contributed by atoms with van der Waals surface area (Å²) in [6.07, 6.45) is 1.82. The summed E-state index contributed by atoms with van der Waals surface area (Å²) in [5.74, 6) is -0.119. The molecule has 2 heterocycles. The summed E-state index contributed by atoms with van der Waals surface area (Å²) in [5, 5.41) is 12.6. The molecule has 11 heteroatoms. The molecule has 168 valence electrons. The van der Waals surface area contributed by atoms with Crippen LogP contribution in [0, 0.1) is 17.0 Å². The molecule has 2 aromatic carbocycles. The van der Waals surface area contributed by atoms with E-state index in [-0.39, 0.29) is 49.2 Å². The summed E-state index contributed by atoms with van der Waals surface area (Å²) in [6.45, 7) is 2.45. The van der Waals surface area contributed by atoms with Gasteiger partial charge in [-0.1, -0.05) is 23.7 Å². The summed E-state index contributed by atoms with van der Waals surface area (Å²) in [5.41, 5.74) is 1.02. The normalized spacial score (nSPS) is 15.2. The lowest BCUT2D eigenvalue weighted by Gasteiger charge is -2.34. The smallest absolute Gasteiger partial charge is 0.270 e. The molecule has 0 bridgehead atoms. The largest absolute Gasteiger partial charge is 0.339 e. The molecule has 0 N–H and O–H groups in total. The number of carbonyl (C=O) groups is 1. The number of amides is 1. The lowest BCUT2D eigenvalue weighted by Crippen LogP contribution is -2.51. The van der Waals surface area contributed by atoms with E-state index in [9.17, 15) is 23.3 Å². The zero-order chi connectivity index (χ0) is 23.0. The zero-order valence-electron chi connectivity index (χ0n) is 17.3. The van der Waals surface area contributed by atoms with Gasteiger partial charge in [0.15, 0.2) is 0 Å². The van der Waals surface area contributed by atoms with Gasteiger partial charge < -0.3 is 9.47 Å². The van der Waals surface area contributed by atoms with Gasteiger partial charge >= 0.3 is 0 Å². The summed E-state index contributed by atoms with van der Waals surface area (Å²) in [4.78, 5) is 24.8. The first-order valence-electron chi connectivity index (χ1n) is 9.94. The van der Waals surface area contributed by atoms with E-state index < -0.39 is 14.9 Å². The van der Waals surface area contributed by atoms with Crippen LogP contribution >= 0.6 is 11.6 Å². The van der Waals surface area contributed by atoms with Crippen LogP contribution in [-0.4, -0.2) is 59.2 Å². The first-order valence-corrected chi connectivity index (χ1v) is 11.8. The highest BCUT2D eigenvalue weighted by atomic mass is 35.5. The highest BCUT2D eigenvalue weighted by Crippen LogP contribution is 2.26. The predicted molar refractivity (Wildman–Crippen MR) is 120 cm³/mol. The first-order chi connectivity index (χ1) is 15.2. The third-order valence-corrected chi connectivity index (χ3v) is 7.91. The molecule has 0 unspecified atom stereocenters. The maximum atomic E-state index is 13.1. The van der Waals surface area contributed by atoms with Gasteiger partial charge in [-0.15, -0.1) is 0 Å². The second-order valence-electron chi connectivity index (χ2n) is 7.64.